The first-order valence-electron chi connectivity index (χ1n) is 29.5. The van der Waals surface area contributed by atoms with Crippen LogP contribution in [0.5, 0.6) is 6.01 Å². The van der Waals surface area contributed by atoms with Crippen molar-refractivity contribution < 1.29 is 42.5 Å². The fourth-order valence-corrected chi connectivity index (χ4v) is 16.0. The summed E-state index contributed by atoms with van der Waals surface area (Å²) in [6.07, 6.45) is 17.3. The second-order valence-corrected chi connectivity index (χ2v) is 25.6. The van der Waals surface area contributed by atoms with E-state index in [-0.39, 0.29) is 89.0 Å². The highest BCUT2D eigenvalue weighted by Crippen LogP contribution is 2.62. The summed E-state index contributed by atoms with van der Waals surface area (Å²) in [6.45, 7) is 8.61. The van der Waals surface area contributed by atoms with Crippen molar-refractivity contribution in [3.05, 3.63) is 88.0 Å². The van der Waals surface area contributed by atoms with Gasteiger partial charge in [0.1, 0.15) is 41.1 Å². The molecule has 3 aromatic carbocycles. The van der Waals surface area contributed by atoms with Crippen LogP contribution in [0.3, 0.4) is 0 Å². The molecule has 2 bridgehead atoms. The number of pyridine rings is 1. The highest BCUT2D eigenvalue weighted by atomic mass is 19.1. The molecule has 434 valence electrons. The standard InChI is InChI=1S/C63H70F2N10O8/c1-6-42-46(64)17-14-37-9-7-10-43(51(37)42)53-52(65)54-44(32-66-53)55(72-33-40-15-16-41(34-72)74(40)60(81)83-61(2,3)4)69-57(68-54)82-35-63-22-8-26-73(63)39(21-23-63)30-45-38(31-62(45)24-27-71(28-25-62)59(79)80)13-11-36-12-18-47-49(29-36)70(5)58(78)75(47)48-19-20-50(76)67-56(48)77/h1,7,9-10,12,14,17-18,29,32,38-41,45,48H,8,11,13,15-16,19-28,30-31,33-35H2,2-5H3,(H,79,80)(H,67,76,77)/t38?,39-,40?,41?,45?,48?,63-/m0/s1. The van der Waals surface area contributed by atoms with Crippen LogP contribution >= 0.6 is 0 Å². The monoisotopic (exact) mass is 1130 g/mol. The number of imidazole rings is 1. The number of piperazine rings is 1. The number of nitrogens with one attached hydrogen (secondary N) is 1. The Bertz CT molecular complexity index is 3750. The van der Waals surface area contributed by atoms with Gasteiger partial charge in [-0.1, -0.05) is 36.3 Å². The summed E-state index contributed by atoms with van der Waals surface area (Å²) in [6, 6.07) is 13.4. The van der Waals surface area contributed by atoms with Crippen LogP contribution in [0.15, 0.2) is 59.5 Å². The van der Waals surface area contributed by atoms with E-state index in [0.29, 0.717) is 71.1 Å². The van der Waals surface area contributed by atoms with Gasteiger partial charge in [0.05, 0.1) is 39.6 Å². The number of rotatable bonds is 11. The van der Waals surface area contributed by atoms with Crippen LogP contribution < -0.4 is 20.6 Å². The topological polar surface area (TPSA) is 198 Å². The molecule has 2 N–H and O–H groups in total. The van der Waals surface area contributed by atoms with Crippen LogP contribution in [0.2, 0.25) is 0 Å². The molecule has 4 amide bonds. The van der Waals surface area contributed by atoms with E-state index in [4.69, 9.17) is 30.8 Å². The molecule has 13 rings (SSSR count). The van der Waals surface area contributed by atoms with Gasteiger partial charge in [0, 0.05) is 62.8 Å². The number of ether oxygens (including phenoxy) is 2. The molecule has 6 aromatic rings. The van der Waals surface area contributed by atoms with Gasteiger partial charge in [-0.15, -0.1) is 6.42 Å². The number of fused-ring (bicyclic) bond motifs is 6. The Labute approximate surface area is 479 Å². The van der Waals surface area contributed by atoms with Crippen LogP contribution in [-0.4, -0.2) is 136 Å². The summed E-state index contributed by atoms with van der Waals surface area (Å²) < 4.78 is 48.7. The first-order chi connectivity index (χ1) is 39.8. The molecular weight excluding hydrogens is 1060 g/mol. The minimum atomic E-state index is -0.878. The molecule has 83 heavy (non-hydrogen) atoms. The third-order valence-electron chi connectivity index (χ3n) is 20.0. The lowest BCUT2D eigenvalue weighted by atomic mass is 9.48. The van der Waals surface area contributed by atoms with Crippen LogP contribution in [0.1, 0.15) is 121 Å². The lowest BCUT2D eigenvalue weighted by Crippen LogP contribution is -2.57. The average Bonchev–Trinajstić information content (AvgIpc) is 4.35. The summed E-state index contributed by atoms with van der Waals surface area (Å²) in [5, 5.41) is 13.7. The van der Waals surface area contributed by atoms with Gasteiger partial charge in [0.15, 0.2) is 5.82 Å². The maximum atomic E-state index is 17.7. The number of amides is 4. The van der Waals surface area contributed by atoms with E-state index in [1.165, 1.54) is 10.6 Å². The second-order valence-electron chi connectivity index (χ2n) is 25.6. The SMILES string of the molecule is C#Cc1c(F)ccc2cccc(-c3ncc4c(N5CC6CCC(C5)N6C(=O)OC(C)(C)C)nc(OC[C@@]56CCCN5[C@H](CC5C(CCc7ccc8c(c7)n(C)c(=O)n8C7CCC(=O)NC7=O)CC57CCN(C(=O)O)CC7)CC6)nc4c3F)c12. The zero-order valence-electron chi connectivity index (χ0n) is 47.5. The normalized spacial score (nSPS) is 26.0. The number of terminal acetylenes is 1. The molecule has 3 aromatic heterocycles. The van der Waals surface area contributed by atoms with E-state index in [1.807, 2.05) is 37.8 Å². The molecule has 7 fully saturated rings. The molecule has 1 saturated carbocycles. The highest BCUT2D eigenvalue weighted by molar-refractivity contribution is 6.02. The minimum absolute atomic E-state index is 0.00234. The molecule has 1 spiro atoms. The number of halogens is 2. The molecular formula is C63H70F2N10O8. The quantitative estimate of drug-likeness (QED) is 0.0921. The Balaban J connectivity index is 0.777. The molecule has 6 saturated heterocycles. The van der Waals surface area contributed by atoms with E-state index in [1.54, 1.807) is 47.0 Å². The fourth-order valence-electron chi connectivity index (χ4n) is 16.0. The number of aromatic nitrogens is 5. The number of nitrogens with zero attached hydrogens (tertiary/aromatic N) is 9. The number of aryl methyl sites for hydroxylation is 2. The second kappa shape index (κ2) is 20.6. The minimum Gasteiger partial charge on any atom is -0.465 e. The number of likely N-dealkylation sites (tertiary alicyclic amines) is 1. The number of hydrogen-bond donors (Lipinski definition) is 2. The van der Waals surface area contributed by atoms with E-state index in [2.05, 4.69) is 27.1 Å². The Morgan fingerprint density at radius 2 is 1.72 bits per heavy atom. The Kier molecular flexibility index (Phi) is 13.5. The van der Waals surface area contributed by atoms with Crippen molar-refractivity contribution in [3.63, 3.8) is 0 Å². The lowest BCUT2D eigenvalue weighted by Gasteiger charge is -2.60. The molecule has 0 radical (unpaired) electrons. The number of benzene rings is 3. The Morgan fingerprint density at radius 3 is 2.46 bits per heavy atom. The van der Waals surface area contributed by atoms with Crippen LogP contribution in [0, 0.1) is 41.2 Å². The molecule has 20 heteroatoms. The van der Waals surface area contributed by atoms with Crippen molar-refractivity contribution in [1.82, 2.24) is 44.1 Å². The van der Waals surface area contributed by atoms with Gasteiger partial charge >= 0.3 is 23.9 Å². The third-order valence-corrected chi connectivity index (χ3v) is 20.0. The predicted molar refractivity (Wildman–Crippen MR) is 307 cm³/mol. The number of piperidine rings is 2. The zero-order chi connectivity index (χ0) is 57.9. The van der Waals surface area contributed by atoms with Gasteiger partial charge in [-0.2, -0.15) is 9.97 Å². The molecule has 7 atom stereocenters. The van der Waals surface area contributed by atoms with Gasteiger partial charge < -0.3 is 24.4 Å². The Morgan fingerprint density at radius 1 is 0.940 bits per heavy atom. The van der Waals surface area contributed by atoms with Crippen LogP contribution in [0.4, 0.5) is 24.2 Å². The van der Waals surface area contributed by atoms with Gasteiger partial charge in [-0.05, 0) is 157 Å². The summed E-state index contributed by atoms with van der Waals surface area (Å²) in [5.41, 5.74) is 1.53. The third kappa shape index (κ3) is 9.41. The number of carbonyl (C=O) groups is 4. The number of hydrogen-bond acceptors (Lipinski definition) is 12. The van der Waals surface area contributed by atoms with Crippen molar-refractivity contribution in [2.75, 3.05) is 44.2 Å². The lowest BCUT2D eigenvalue weighted by molar-refractivity contribution is -0.135. The van der Waals surface area contributed by atoms with Crippen LogP contribution in [0.25, 0.3) is 44.0 Å². The highest BCUT2D eigenvalue weighted by Gasteiger charge is 2.58. The smallest absolute Gasteiger partial charge is 0.410 e. The number of carboxylic acid groups (broad SMARTS) is 1. The first-order valence-corrected chi connectivity index (χ1v) is 29.5. The van der Waals surface area contributed by atoms with Crippen molar-refractivity contribution in [2.45, 2.75) is 146 Å². The van der Waals surface area contributed by atoms with E-state index in [0.717, 1.165) is 94.7 Å². The van der Waals surface area contributed by atoms with Crippen molar-refractivity contribution in [1.29, 1.82) is 0 Å². The van der Waals surface area contributed by atoms with Crippen LogP contribution in [-0.2, 0) is 27.8 Å². The van der Waals surface area contributed by atoms with Crippen molar-refractivity contribution in [3.8, 4) is 29.6 Å². The summed E-state index contributed by atoms with van der Waals surface area (Å²) in [7, 11) is 1.72. The molecule has 5 unspecified atom stereocenters. The molecule has 7 aliphatic rings. The van der Waals surface area contributed by atoms with Gasteiger partial charge in [0.2, 0.25) is 11.8 Å². The maximum absolute atomic E-state index is 17.7. The van der Waals surface area contributed by atoms with Gasteiger partial charge in [-0.25, -0.2) is 23.2 Å². The first kappa shape index (κ1) is 54.6. The number of anilines is 1. The maximum Gasteiger partial charge on any atom is 0.410 e. The molecule has 6 aliphatic heterocycles. The van der Waals surface area contributed by atoms with E-state index >= 15 is 8.78 Å². The Hall–Kier alpha value is -7.66. The van der Waals surface area contributed by atoms with E-state index in [9.17, 15) is 29.1 Å². The molecule has 9 heterocycles. The summed E-state index contributed by atoms with van der Waals surface area (Å²) >= 11 is 0. The summed E-state index contributed by atoms with van der Waals surface area (Å²) in [4.78, 5) is 86.9. The van der Waals surface area contributed by atoms with Gasteiger partial charge in [-0.3, -0.25) is 38.8 Å². The number of imide groups is 1. The molecule has 1 aliphatic carbocycles. The largest absolute Gasteiger partial charge is 0.465 e. The van der Waals surface area contributed by atoms with Crippen molar-refractivity contribution in [2.24, 2.45) is 24.3 Å². The van der Waals surface area contributed by atoms with Gasteiger partial charge in [0.25, 0.3) is 0 Å². The predicted octanol–water partition coefficient (Wildman–Crippen LogP) is 9.12. The van der Waals surface area contributed by atoms with E-state index < -0.39 is 35.3 Å². The average molecular weight is 1130 g/mol. The summed E-state index contributed by atoms with van der Waals surface area (Å²) in [5.74, 6) is 1.57. The van der Waals surface area contributed by atoms with Crippen molar-refractivity contribution >= 4 is 62.5 Å². The fraction of sp³-hybridized carbons (Fsp3) is 0.524. The number of carbonyl (C=O) groups excluding carboxylic acids is 3. The molecule has 18 nitrogen and oxygen atoms in total. The zero-order valence-corrected chi connectivity index (χ0v) is 47.5.